The molecule has 1 amide bonds. The van der Waals surface area contributed by atoms with E-state index in [1.807, 2.05) is 0 Å². The summed E-state index contributed by atoms with van der Waals surface area (Å²) in [6.45, 7) is 1.77. The third kappa shape index (κ3) is 2.34. The Morgan fingerprint density at radius 2 is 2.10 bits per heavy atom. The van der Waals surface area contributed by atoms with E-state index in [9.17, 15) is 9.59 Å². The van der Waals surface area contributed by atoms with Crippen molar-refractivity contribution in [2.75, 3.05) is 7.11 Å². The van der Waals surface area contributed by atoms with Crippen molar-refractivity contribution in [2.24, 2.45) is 5.92 Å². The van der Waals surface area contributed by atoms with Crippen LogP contribution in [0.5, 0.6) is 0 Å². The molecule has 5 heteroatoms. The molecular weight excluding hydrogens is 270 g/mol. The summed E-state index contributed by atoms with van der Waals surface area (Å²) in [6.07, 6.45) is 6.60. The van der Waals surface area contributed by atoms with Gasteiger partial charge in [0.2, 0.25) is 0 Å². The van der Waals surface area contributed by atoms with Crippen LogP contribution in [0.2, 0.25) is 0 Å². The van der Waals surface area contributed by atoms with E-state index in [2.05, 4.69) is 0 Å². The maximum absolute atomic E-state index is 12.9. The molecule has 2 heterocycles. The molecule has 5 nitrogen and oxygen atoms in total. The lowest BCUT2D eigenvalue weighted by atomic mass is 9.84. The second-order valence-corrected chi connectivity index (χ2v) is 5.99. The van der Waals surface area contributed by atoms with Crippen molar-refractivity contribution >= 4 is 11.9 Å². The molecule has 1 aliphatic heterocycles. The smallest absolute Gasteiger partial charge is 0.328 e. The van der Waals surface area contributed by atoms with Crippen LogP contribution in [-0.2, 0) is 9.53 Å². The Morgan fingerprint density at radius 1 is 1.33 bits per heavy atom. The number of aryl methyl sites for hydroxylation is 1. The Kier molecular flexibility index (Phi) is 3.74. The molecule has 2 aliphatic rings. The number of fused-ring (bicyclic) bond motifs is 1. The summed E-state index contributed by atoms with van der Waals surface area (Å²) in [5, 5.41) is 0. The number of hydrogen-bond acceptors (Lipinski definition) is 4. The topological polar surface area (TPSA) is 59.8 Å². The highest BCUT2D eigenvalue weighted by atomic mass is 16.5. The number of amides is 1. The quantitative estimate of drug-likeness (QED) is 0.786. The summed E-state index contributed by atoms with van der Waals surface area (Å²) in [4.78, 5) is 26.7. The molecule has 1 saturated heterocycles. The van der Waals surface area contributed by atoms with Gasteiger partial charge in [0.05, 0.1) is 18.9 Å². The highest BCUT2D eigenvalue weighted by Gasteiger charge is 2.48. The third-order valence-electron chi connectivity index (χ3n) is 4.89. The second kappa shape index (κ2) is 5.54. The number of likely N-dealkylation sites (tertiary alicyclic amines) is 1. The molecule has 0 radical (unpaired) electrons. The molecular formula is C16H21NO4. The molecule has 0 aromatic carbocycles. The van der Waals surface area contributed by atoms with Gasteiger partial charge in [-0.25, -0.2) is 4.79 Å². The maximum atomic E-state index is 12.9. The van der Waals surface area contributed by atoms with Gasteiger partial charge in [-0.2, -0.15) is 0 Å². The largest absolute Gasteiger partial charge is 0.469 e. The van der Waals surface area contributed by atoms with Crippen molar-refractivity contribution in [1.82, 2.24) is 4.90 Å². The first-order valence-electron chi connectivity index (χ1n) is 7.58. The van der Waals surface area contributed by atoms with Gasteiger partial charge in [-0.3, -0.25) is 4.79 Å². The van der Waals surface area contributed by atoms with Gasteiger partial charge in [0.25, 0.3) is 5.91 Å². The molecule has 0 spiro atoms. The molecule has 21 heavy (non-hydrogen) atoms. The van der Waals surface area contributed by atoms with Crippen LogP contribution < -0.4 is 0 Å². The second-order valence-electron chi connectivity index (χ2n) is 5.99. The third-order valence-corrected chi connectivity index (χ3v) is 4.89. The van der Waals surface area contributed by atoms with Crippen LogP contribution in [0, 0.1) is 12.8 Å². The van der Waals surface area contributed by atoms with E-state index in [-0.39, 0.29) is 17.9 Å². The lowest BCUT2D eigenvalue weighted by Gasteiger charge is -2.33. The zero-order valence-corrected chi connectivity index (χ0v) is 12.5. The summed E-state index contributed by atoms with van der Waals surface area (Å²) in [7, 11) is 1.38. The van der Waals surface area contributed by atoms with Gasteiger partial charge < -0.3 is 14.1 Å². The molecule has 1 aromatic heterocycles. The van der Waals surface area contributed by atoms with Gasteiger partial charge in [0.15, 0.2) is 0 Å². The highest BCUT2D eigenvalue weighted by Crippen LogP contribution is 2.41. The molecule has 0 N–H and O–H groups in total. The Bertz CT molecular complexity index is 550. The van der Waals surface area contributed by atoms with E-state index < -0.39 is 6.04 Å². The summed E-state index contributed by atoms with van der Waals surface area (Å²) in [6, 6.07) is 1.39. The number of rotatable bonds is 2. The van der Waals surface area contributed by atoms with Gasteiger partial charge in [-0.1, -0.05) is 12.8 Å². The van der Waals surface area contributed by atoms with Crippen LogP contribution in [0.1, 0.15) is 48.2 Å². The lowest BCUT2D eigenvalue weighted by Crippen LogP contribution is -2.46. The number of methoxy groups -OCH3 is 1. The highest BCUT2D eigenvalue weighted by molar-refractivity contribution is 5.98. The summed E-state index contributed by atoms with van der Waals surface area (Å²) in [5.74, 6) is 0.604. The van der Waals surface area contributed by atoms with E-state index in [1.165, 1.54) is 19.8 Å². The Balaban J connectivity index is 1.93. The van der Waals surface area contributed by atoms with Gasteiger partial charge in [0, 0.05) is 6.04 Å². The minimum atomic E-state index is -0.454. The van der Waals surface area contributed by atoms with Crippen molar-refractivity contribution < 1.29 is 18.7 Å². The average molecular weight is 291 g/mol. The SMILES string of the molecule is COC(=O)[C@@H]1C[C@@H]2CCCC[C@H]2N1C(=O)c1ccoc1C. The molecule has 1 saturated carbocycles. The number of ether oxygens (including phenoxy) is 1. The van der Waals surface area contributed by atoms with Gasteiger partial charge >= 0.3 is 5.97 Å². The standard InChI is InChI=1S/C16H21NO4/c1-10-12(7-8-21-10)15(18)17-13-6-4-3-5-11(13)9-14(17)16(19)20-2/h7-8,11,13-14H,3-6,9H2,1-2H3/t11-,13+,14-/m0/s1. The fourth-order valence-corrected chi connectivity index (χ4v) is 3.84. The zero-order chi connectivity index (χ0) is 15.0. The van der Waals surface area contributed by atoms with Crippen LogP contribution in [0.3, 0.4) is 0 Å². The molecule has 2 fully saturated rings. The van der Waals surface area contributed by atoms with E-state index in [1.54, 1.807) is 17.9 Å². The van der Waals surface area contributed by atoms with Crippen LogP contribution >= 0.6 is 0 Å². The summed E-state index contributed by atoms with van der Waals surface area (Å²) >= 11 is 0. The van der Waals surface area contributed by atoms with E-state index in [0.717, 1.165) is 25.7 Å². The van der Waals surface area contributed by atoms with Crippen LogP contribution in [0.4, 0.5) is 0 Å². The van der Waals surface area contributed by atoms with E-state index >= 15 is 0 Å². The van der Waals surface area contributed by atoms with E-state index in [0.29, 0.717) is 17.2 Å². The minimum absolute atomic E-state index is 0.106. The number of nitrogens with zero attached hydrogens (tertiary/aromatic N) is 1. The van der Waals surface area contributed by atoms with Crippen molar-refractivity contribution in [2.45, 2.75) is 51.1 Å². The summed E-state index contributed by atoms with van der Waals surface area (Å²) < 4.78 is 10.2. The minimum Gasteiger partial charge on any atom is -0.469 e. The number of hydrogen-bond donors (Lipinski definition) is 0. The van der Waals surface area contributed by atoms with Crippen molar-refractivity contribution in [1.29, 1.82) is 0 Å². The normalized spacial score (nSPS) is 28.3. The van der Waals surface area contributed by atoms with E-state index in [4.69, 9.17) is 9.15 Å². The van der Waals surface area contributed by atoms with Crippen LogP contribution in [0.25, 0.3) is 0 Å². The Morgan fingerprint density at radius 3 is 2.76 bits per heavy atom. The van der Waals surface area contributed by atoms with Crippen LogP contribution in [0.15, 0.2) is 16.7 Å². The Labute approximate surface area is 124 Å². The monoisotopic (exact) mass is 291 g/mol. The van der Waals surface area contributed by atoms with Gasteiger partial charge in [0.1, 0.15) is 11.8 Å². The van der Waals surface area contributed by atoms with Crippen molar-refractivity contribution in [3.8, 4) is 0 Å². The van der Waals surface area contributed by atoms with Gasteiger partial charge in [-0.15, -0.1) is 0 Å². The first-order valence-corrected chi connectivity index (χ1v) is 7.58. The number of carbonyl (C=O) groups is 2. The number of furan rings is 1. The Hall–Kier alpha value is -1.78. The number of esters is 1. The van der Waals surface area contributed by atoms with Gasteiger partial charge in [-0.05, 0) is 38.2 Å². The molecule has 0 unspecified atom stereocenters. The van der Waals surface area contributed by atoms with Crippen molar-refractivity contribution in [3.05, 3.63) is 23.7 Å². The maximum Gasteiger partial charge on any atom is 0.328 e. The predicted molar refractivity (Wildman–Crippen MR) is 75.8 cm³/mol. The number of carbonyl (C=O) groups excluding carboxylic acids is 2. The average Bonchev–Trinajstić information content (AvgIpc) is 3.09. The summed E-state index contributed by atoms with van der Waals surface area (Å²) in [5.41, 5.74) is 0.551. The molecule has 3 rings (SSSR count). The fraction of sp³-hybridized carbons (Fsp3) is 0.625. The molecule has 1 aliphatic carbocycles. The fourth-order valence-electron chi connectivity index (χ4n) is 3.84. The van der Waals surface area contributed by atoms with Crippen LogP contribution in [-0.4, -0.2) is 36.0 Å². The molecule has 3 atom stereocenters. The first-order chi connectivity index (χ1) is 10.1. The molecule has 114 valence electrons. The lowest BCUT2D eigenvalue weighted by molar-refractivity contribution is -0.145. The molecule has 1 aromatic rings. The van der Waals surface area contributed by atoms with Crippen molar-refractivity contribution in [3.63, 3.8) is 0 Å². The first kappa shape index (κ1) is 14.2. The zero-order valence-electron chi connectivity index (χ0n) is 12.5. The molecule has 0 bridgehead atoms. The predicted octanol–water partition coefficient (Wildman–Crippen LogP) is 2.53.